The molecular weight excluding hydrogens is 254 g/mol. The molecule has 2 bridgehead atoms. The van der Waals surface area contributed by atoms with Gasteiger partial charge in [0, 0.05) is 30.9 Å². The summed E-state index contributed by atoms with van der Waals surface area (Å²) in [6, 6.07) is 4.30. The molecule has 1 aliphatic rings. The molecule has 1 aromatic rings. The van der Waals surface area contributed by atoms with Gasteiger partial charge in [0.1, 0.15) is 12.3 Å². The maximum absolute atomic E-state index is 11.7. The van der Waals surface area contributed by atoms with Crippen LogP contribution < -0.4 is 4.57 Å². The molecule has 0 saturated carbocycles. The highest BCUT2D eigenvalue weighted by Crippen LogP contribution is 2.11. The van der Waals surface area contributed by atoms with Gasteiger partial charge in [-0.15, -0.1) is 0 Å². The molecule has 3 heteroatoms. The zero-order valence-corrected chi connectivity index (χ0v) is 12.5. The quantitative estimate of drug-likeness (QED) is 0.680. The van der Waals surface area contributed by atoms with E-state index in [1.54, 1.807) is 0 Å². The number of carbonyl (C=O) groups excluding carboxylic acids is 1. The number of hydrogen-bond acceptors (Lipinski definition) is 2. The van der Waals surface area contributed by atoms with Gasteiger partial charge in [0.15, 0.2) is 12.4 Å². The monoisotopic (exact) mass is 278 g/mol. The molecule has 0 fully saturated rings. The van der Waals surface area contributed by atoms with Gasteiger partial charge in [-0.05, 0) is 43.3 Å². The summed E-state index contributed by atoms with van der Waals surface area (Å²) in [7, 11) is 0. The number of Topliss-reactive ketones (excluding diaryl/α,β-unsaturated/α-hetero) is 1. The number of rotatable bonds is 0. The molecule has 1 aliphatic heterocycles. The predicted octanol–water partition coefficient (Wildman–Crippen LogP) is 3.17. The van der Waals surface area contributed by atoms with E-state index in [-0.39, 0.29) is 0 Å². The largest absolute Gasteiger partial charge is 0.300 e. The Hall–Kier alpha value is -0.830. The van der Waals surface area contributed by atoms with E-state index in [1.165, 1.54) is 24.2 Å². The molecule has 0 saturated heterocycles. The Morgan fingerprint density at radius 1 is 1.00 bits per heavy atom. The van der Waals surface area contributed by atoms with Crippen molar-refractivity contribution in [1.29, 1.82) is 0 Å². The Morgan fingerprint density at radius 3 is 2.79 bits per heavy atom. The van der Waals surface area contributed by atoms with Gasteiger partial charge in [0.05, 0.1) is 0 Å². The van der Waals surface area contributed by atoms with Crippen molar-refractivity contribution in [3.05, 3.63) is 30.1 Å². The Balaban J connectivity index is 1.93. The maximum Gasteiger partial charge on any atom is 0.171 e. The van der Waals surface area contributed by atoms with Crippen LogP contribution in [0.3, 0.4) is 0 Å². The summed E-state index contributed by atoms with van der Waals surface area (Å²) in [6.45, 7) is 1.12. The van der Waals surface area contributed by atoms with Gasteiger partial charge in [0.2, 0.25) is 0 Å². The lowest BCUT2D eigenvalue weighted by molar-refractivity contribution is -0.697. The molecule has 0 spiro atoms. The second kappa shape index (κ2) is 8.36. The van der Waals surface area contributed by atoms with E-state index >= 15 is 0 Å². The number of fused-ring (bicyclic) bond motifs is 2. The number of ketones is 1. The lowest BCUT2D eigenvalue weighted by Crippen LogP contribution is -2.33. The van der Waals surface area contributed by atoms with Crippen molar-refractivity contribution in [1.82, 2.24) is 0 Å². The number of aryl methyl sites for hydroxylation is 2. The van der Waals surface area contributed by atoms with E-state index in [0.717, 1.165) is 44.4 Å². The molecule has 0 atom stereocenters. The first-order valence-electron chi connectivity index (χ1n) is 7.42. The van der Waals surface area contributed by atoms with Crippen LogP contribution in [0.5, 0.6) is 0 Å². The molecule has 19 heavy (non-hydrogen) atoms. The summed E-state index contributed by atoms with van der Waals surface area (Å²) in [6.07, 6.45) is 11.5. The molecule has 2 rings (SSSR count). The fourth-order valence-corrected chi connectivity index (χ4v) is 3.41. The SMILES string of the molecule is O=C1CCCSCCCC[n+]2cccc(c2)CCC1. The number of carbonyl (C=O) groups is 1. The van der Waals surface area contributed by atoms with Crippen molar-refractivity contribution in [2.75, 3.05) is 11.5 Å². The van der Waals surface area contributed by atoms with E-state index in [0.29, 0.717) is 5.78 Å². The third-order valence-corrected chi connectivity index (χ3v) is 4.69. The summed E-state index contributed by atoms with van der Waals surface area (Å²) >= 11 is 2.00. The molecule has 0 amide bonds. The molecular formula is C16H24NOS+. The van der Waals surface area contributed by atoms with Crippen LogP contribution in [0.2, 0.25) is 0 Å². The lowest BCUT2D eigenvalue weighted by Gasteiger charge is -2.01. The number of aromatic nitrogens is 1. The number of hydrogen-bond donors (Lipinski definition) is 0. The molecule has 2 nitrogen and oxygen atoms in total. The molecule has 2 heterocycles. The Kier molecular flexibility index (Phi) is 6.42. The summed E-state index contributed by atoms with van der Waals surface area (Å²) in [5.41, 5.74) is 1.36. The van der Waals surface area contributed by atoms with Crippen molar-refractivity contribution < 1.29 is 9.36 Å². The smallest absolute Gasteiger partial charge is 0.171 e. The molecule has 0 N–H and O–H groups in total. The Morgan fingerprint density at radius 2 is 1.84 bits per heavy atom. The summed E-state index contributed by atoms with van der Waals surface area (Å²) in [5, 5.41) is 0. The minimum atomic E-state index is 0.444. The molecule has 0 unspecified atom stereocenters. The first-order chi connectivity index (χ1) is 9.34. The van der Waals surface area contributed by atoms with Crippen molar-refractivity contribution in [3.8, 4) is 0 Å². The summed E-state index contributed by atoms with van der Waals surface area (Å²) < 4.78 is 2.29. The van der Waals surface area contributed by atoms with Gasteiger partial charge in [-0.3, -0.25) is 4.79 Å². The van der Waals surface area contributed by atoms with Crippen LogP contribution in [0.15, 0.2) is 24.5 Å². The summed E-state index contributed by atoms with van der Waals surface area (Å²) in [4.78, 5) is 11.7. The van der Waals surface area contributed by atoms with Crippen molar-refractivity contribution in [3.63, 3.8) is 0 Å². The minimum absolute atomic E-state index is 0.444. The number of nitrogens with zero attached hydrogens (tertiary/aromatic N) is 1. The number of pyridine rings is 1. The minimum Gasteiger partial charge on any atom is -0.300 e. The zero-order valence-electron chi connectivity index (χ0n) is 11.6. The highest BCUT2D eigenvalue weighted by Gasteiger charge is 2.06. The second-order valence-electron chi connectivity index (χ2n) is 5.27. The van der Waals surface area contributed by atoms with E-state index in [2.05, 4.69) is 29.1 Å². The zero-order chi connectivity index (χ0) is 13.3. The average Bonchev–Trinajstić information content (AvgIpc) is 2.42. The van der Waals surface area contributed by atoms with Crippen molar-refractivity contribution >= 4 is 17.5 Å². The van der Waals surface area contributed by atoms with Gasteiger partial charge >= 0.3 is 0 Å². The third-order valence-electron chi connectivity index (χ3n) is 3.54. The van der Waals surface area contributed by atoms with Gasteiger partial charge < -0.3 is 0 Å². The molecule has 0 aliphatic carbocycles. The lowest BCUT2D eigenvalue weighted by atomic mass is 10.1. The topological polar surface area (TPSA) is 20.9 Å². The standard InChI is InChI=1S/C16H24NOS/c18-16-8-3-6-15-7-4-11-17(14-15)10-1-2-12-19-13-5-9-16/h4,7,11,14H,1-3,5-6,8-10,12-13H2/q+1. The normalized spacial score (nSPS) is 19.5. The van der Waals surface area contributed by atoms with Crippen LogP contribution in [-0.2, 0) is 17.8 Å². The van der Waals surface area contributed by atoms with Crippen LogP contribution >= 0.6 is 11.8 Å². The Labute approximate surface area is 120 Å². The molecule has 104 valence electrons. The highest BCUT2D eigenvalue weighted by molar-refractivity contribution is 7.99. The van der Waals surface area contributed by atoms with Gasteiger partial charge in [0.25, 0.3) is 0 Å². The predicted molar refractivity (Wildman–Crippen MR) is 80.4 cm³/mol. The Bertz CT molecular complexity index is 405. The van der Waals surface area contributed by atoms with Crippen LogP contribution in [0.25, 0.3) is 0 Å². The van der Waals surface area contributed by atoms with Crippen LogP contribution in [0.1, 0.15) is 44.1 Å². The number of thioether (sulfide) groups is 1. The van der Waals surface area contributed by atoms with Gasteiger partial charge in [-0.1, -0.05) is 0 Å². The third kappa shape index (κ3) is 5.77. The van der Waals surface area contributed by atoms with Crippen molar-refractivity contribution in [2.45, 2.75) is 51.5 Å². The summed E-state index contributed by atoms with van der Waals surface area (Å²) in [5.74, 6) is 2.82. The van der Waals surface area contributed by atoms with Crippen LogP contribution in [-0.4, -0.2) is 17.3 Å². The van der Waals surface area contributed by atoms with Crippen molar-refractivity contribution in [2.24, 2.45) is 0 Å². The first-order valence-corrected chi connectivity index (χ1v) is 8.57. The van der Waals surface area contributed by atoms with E-state index in [4.69, 9.17) is 0 Å². The molecule has 1 aromatic heterocycles. The van der Waals surface area contributed by atoms with E-state index in [9.17, 15) is 4.79 Å². The van der Waals surface area contributed by atoms with Crippen LogP contribution in [0, 0.1) is 0 Å². The van der Waals surface area contributed by atoms with E-state index in [1.807, 2.05) is 11.8 Å². The first kappa shape index (κ1) is 14.6. The maximum atomic E-state index is 11.7. The molecule has 0 aromatic carbocycles. The fraction of sp³-hybridized carbons (Fsp3) is 0.625. The highest BCUT2D eigenvalue weighted by atomic mass is 32.2. The molecule has 0 radical (unpaired) electrons. The van der Waals surface area contributed by atoms with Gasteiger partial charge in [-0.25, -0.2) is 4.57 Å². The second-order valence-corrected chi connectivity index (χ2v) is 6.49. The van der Waals surface area contributed by atoms with Crippen LogP contribution in [0.4, 0.5) is 0 Å². The average molecular weight is 278 g/mol. The van der Waals surface area contributed by atoms with E-state index < -0.39 is 0 Å². The fourth-order valence-electron chi connectivity index (χ4n) is 2.45. The van der Waals surface area contributed by atoms with Gasteiger partial charge in [-0.2, -0.15) is 11.8 Å².